The van der Waals surface area contributed by atoms with Gasteiger partial charge in [-0.2, -0.15) is 0 Å². The minimum absolute atomic E-state index is 0.0414. The fraction of sp³-hybridized carbons (Fsp3) is 0.500. The first-order valence-electron chi connectivity index (χ1n) is 14.7. The topological polar surface area (TPSA) is 74.7 Å². The van der Waals surface area contributed by atoms with Gasteiger partial charge in [-0.3, -0.25) is 4.79 Å². The van der Waals surface area contributed by atoms with E-state index in [1.165, 1.54) is 40.9 Å². The minimum Gasteiger partial charge on any atom is -0.491 e. The van der Waals surface area contributed by atoms with Crippen molar-refractivity contribution in [3.8, 4) is 16.3 Å². The van der Waals surface area contributed by atoms with Crippen molar-refractivity contribution < 1.29 is 14.6 Å². The number of carbonyl (C=O) groups is 1. The van der Waals surface area contributed by atoms with Crippen LogP contribution in [0.5, 0.6) is 5.75 Å². The Hall–Kier alpha value is -2.45. The van der Waals surface area contributed by atoms with Crippen LogP contribution in [0.2, 0.25) is 5.02 Å². The second kappa shape index (κ2) is 13.9. The summed E-state index contributed by atoms with van der Waals surface area (Å²) in [6.45, 7) is 6.20. The zero-order chi connectivity index (χ0) is 27.9. The summed E-state index contributed by atoms with van der Waals surface area (Å²) < 4.78 is 6.14. The molecule has 214 valence electrons. The van der Waals surface area contributed by atoms with Crippen molar-refractivity contribution in [3.63, 3.8) is 0 Å². The lowest BCUT2D eigenvalue weighted by Gasteiger charge is -2.34. The van der Waals surface area contributed by atoms with Gasteiger partial charge in [0.15, 0.2) is 0 Å². The van der Waals surface area contributed by atoms with E-state index in [9.17, 15) is 9.90 Å². The van der Waals surface area contributed by atoms with Crippen LogP contribution in [-0.4, -0.2) is 60.3 Å². The highest BCUT2D eigenvalue weighted by Crippen LogP contribution is 2.40. The average molecular weight is 582 g/mol. The van der Waals surface area contributed by atoms with E-state index in [0.717, 1.165) is 80.2 Å². The summed E-state index contributed by atoms with van der Waals surface area (Å²) in [5.74, 6) is 1.54. The summed E-state index contributed by atoms with van der Waals surface area (Å²) in [4.78, 5) is 20.6. The quantitative estimate of drug-likeness (QED) is 0.256. The molecule has 1 aliphatic heterocycles. The Balaban J connectivity index is 1.06. The normalized spacial score (nSPS) is 16.1. The van der Waals surface area contributed by atoms with E-state index in [-0.39, 0.29) is 12.5 Å². The number of thiazole rings is 1. The number of piperidine rings is 1. The van der Waals surface area contributed by atoms with Gasteiger partial charge in [-0.25, -0.2) is 4.98 Å². The summed E-state index contributed by atoms with van der Waals surface area (Å²) in [6.07, 6.45) is 8.98. The van der Waals surface area contributed by atoms with Crippen LogP contribution >= 0.6 is 22.9 Å². The van der Waals surface area contributed by atoms with Crippen LogP contribution in [0.15, 0.2) is 36.4 Å². The Labute approximate surface area is 246 Å². The van der Waals surface area contributed by atoms with Crippen molar-refractivity contribution in [2.75, 3.05) is 39.4 Å². The number of carbonyl (C=O) groups excluding carboxylic acids is 1. The number of aliphatic hydroxyl groups is 1. The number of nitrogens with zero attached hydrogens (tertiary/aromatic N) is 2. The number of halogens is 1. The molecule has 2 aromatic carbocycles. The lowest BCUT2D eigenvalue weighted by Crippen LogP contribution is -2.34. The second-order valence-electron chi connectivity index (χ2n) is 10.9. The van der Waals surface area contributed by atoms with Gasteiger partial charge in [0.05, 0.1) is 12.3 Å². The van der Waals surface area contributed by atoms with Crippen LogP contribution in [0.4, 0.5) is 0 Å². The maximum atomic E-state index is 12.8. The van der Waals surface area contributed by atoms with Gasteiger partial charge in [-0.05, 0) is 113 Å². The molecule has 0 atom stereocenters. The molecule has 5 rings (SSSR count). The number of likely N-dealkylation sites (tertiary alicyclic amines) is 1. The van der Waals surface area contributed by atoms with Crippen LogP contribution in [0.3, 0.4) is 0 Å². The highest BCUT2D eigenvalue weighted by Gasteiger charge is 2.26. The number of aryl methyl sites for hydroxylation is 2. The summed E-state index contributed by atoms with van der Waals surface area (Å²) in [6, 6.07) is 12.2. The lowest BCUT2D eigenvalue weighted by molar-refractivity contribution is 0.0955. The standard InChI is InChI=1S/C32H40ClN3O3S/c1-22-30(40-32(35-22)25-8-11-26(33)12-9-25)31(38)34-16-4-5-17-36-18-14-24(15-19-36)28-13-10-23-6-2-3-7-27(23)29(28)39-21-20-37/h8-13,24,37H,2-7,14-21H2,1H3,(H,34,38). The Bertz CT molecular complexity index is 1290. The predicted octanol–water partition coefficient (Wildman–Crippen LogP) is 6.41. The molecule has 8 heteroatoms. The molecule has 0 spiro atoms. The third-order valence-electron chi connectivity index (χ3n) is 8.16. The molecule has 1 amide bonds. The maximum Gasteiger partial charge on any atom is 0.263 e. The summed E-state index contributed by atoms with van der Waals surface area (Å²) in [5, 5.41) is 14.0. The van der Waals surface area contributed by atoms with E-state index in [1.807, 2.05) is 31.2 Å². The van der Waals surface area contributed by atoms with Gasteiger partial charge in [0, 0.05) is 17.1 Å². The SMILES string of the molecule is Cc1nc(-c2ccc(Cl)cc2)sc1C(=O)NCCCCN1CCC(c2ccc3c(c2OCCO)CCCC3)CC1. The number of aromatic nitrogens is 1. The first-order valence-corrected chi connectivity index (χ1v) is 15.8. The van der Waals surface area contributed by atoms with Crippen LogP contribution in [-0.2, 0) is 12.8 Å². The van der Waals surface area contributed by atoms with Crippen molar-refractivity contribution in [3.05, 3.63) is 68.7 Å². The first-order chi connectivity index (χ1) is 19.5. The fourth-order valence-electron chi connectivity index (χ4n) is 5.99. The molecule has 2 heterocycles. The van der Waals surface area contributed by atoms with Crippen LogP contribution in [0, 0.1) is 6.92 Å². The van der Waals surface area contributed by atoms with E-state index in [1.54, 1.807) is 0 Å². The Morgan fingerprint density at radius 1 is 1.12 bits per heavy atom. The molecule has 1 aromatic heterocycles. The first kappa shape index (κ1) is 29.1. The Morgan fingerprint density at radius 3 is 2.67 bits per heavy atom. The van der Waals surface area contributed by atoms with Gasteiger partial charge >= 0.3 is 0 Å². The van der Waals surface area contributed by atoms with Crippen molar-refractivity contribution in [2.45, 2.75) is 64.2 Å². The Kier molecular flexibility index (Phi) is 10.1. The molecule has 1 aliphatic carbocycles. The smallest absolute Gasteiger partial charge is 0.263 e. The number of rotatable bonds is 11. The molecule has 0 saturated carbocycles. The number of hydrogen-bond donors (Lipinski definition) is 2. The minimum atomic E-state index is -0.0414. The third kappa shape index (κ3) is 7.06. The number of hydrogen-bond acceptors (Lipinski definition) is 6. The van der Waals surface area contributed by atoms with Gasteiger partial charge in [0.25, 0.3) is 5.91 Å². The number of nitrogens with one attached hydrogen (secondary N) is 1. The van der Waals surface area contributed by atoms with E-state index in [0.29, 0.717) is 29.0 Å². The number of aliphatic hydroxyl groups excluding tert-OH is 1. The number of unbranched alkanes of at least 4 members (excludes halogenated alkanes) is 1. The number of ether oxygens (including phenoxy) is 1. The van der Waals surface area contributed by atoms with Gasteiger partial charge in [-0.1, -0.05) is 35.9 Å². The van der Waals surface area contributed by atoms with Crippen molar-refractivity contribution in [1.82, 2.24) is 15.2 Å². The van der Waals surface area contributed by atoms with Crippen molar-refractivity contribution >= 4 is 28.8 Å². The Morgan fingerprint density at radius 2 is 1.90 bits per heavy atom. The van der Waals surface area contributed by atoms with Crippen LogP contribution in [0.25, 0.3) is 10.6 Å². The molecule has 1 saturated heterocycles. The third-order valence-corrected chi connectivity index (χ3v) is 9.61. The molecule has 2 N–H and O–H groups in total. The zero-order valence-electron chi connectivity index (χ0n) is 23.4. The van der Waals surface area contributed by atoms with Gasteiger partial charge < -0.3 is 20.1 Å². The molecule has 6 nitrogen and oxygen atoms in total. The largest absolute Gasteiger partial charge is 0.491 e. The molecule has 0 radical (unpaired) electrons. The zero-order valence-corrected chi connectivity index (χ0v) is 25.0. The maximum absolute atomic E-state index is 12.8. The van der Waals surface area contributed by atoms with Crippen molar-refractivity contribution in [2.24, 2.45) is 0 Å². The highest BCUT2D eigenvalue weighted by molar-refractivity contribution is 7.17. The van der Waals surface area contributed by atoms with Gasteiger partial charge in [-0.15, -0.1) is 11.3 Å². The molecule has 0 bridgehead atoms. The summed E-state index contributed by atoms with van der Waals surface area (Å²) in [5.41, 5.74) is 5.89. The molecule has 1 fully saturated rings. The van der Waals surface area contributed by atoms with Crippen LogP contribution in [0.1, 0.15) is 76.5 Å². The van der Waals surface area contributed by atoms with Crippen molar-refractivity contribution in [1.29, 1.82) is 0 Å². The fourth-order valence-corrected chi connectivity index (χ4v) is 7.10. The number of fused-ring (bicyclic) bond motifs is 1. The van der Waals surface area contributed by atoms with E-state index >= 15 is 0 Å². The van der Waals surface area contributed by atoms with E-state index in [4.69, 9.17) is 16.3 Å². The van der Waals surface area contributed by atoms with Gasteiger partial charge in [0.1, 0.15) is 22.2 Å². The molecule has 40 heavy (non-hydrogen) atoms. The molecule has 2 aliphatic rings. The molecular weight excluding hydrogens is 542 g/mol. The molecule has 0 unspecified atom stereocenters. The van der Waals surface area contributed by atoms with Gasteiger partial charge in [0.2, 0.25) is 0 Å². The predicted molar refractivity (Wildman–Crippen MR) is 163 cm³/mol. The average Bonchev–Trinajstić information content (AvgIpc) is 3.37. The highest BCUT2D eigenvalue weighted by atomic mass is 35.5. The second-order valence-corrected chi connectivity index (χ2v) is 12.4. The number of amides is 1. The lowest BCUT2D eigenvalue weighted by atomic mass is 9.83. The number of benzene rings is 2. The van der Waals surface area contributed by atoms with E-state index in [2.05, 4.69) is 27.3 Å². The molecule has 3 aromatic rings. The van der Waals surface area contributed by atoms with E-state index < -0.39 is 0 Å². The van der Waals surface area contributed by atoms with Crippen LogP contribution < -0.4 is 10.1 Å². The summed E-state index contributed by atoms with van der Waals surface area (Å²) >= 11 is 7.42. The molecular formula is C32H40ClN3O3S. The monoisotopic (exact) mass is 581 g/mol. The summed E-state index contributed by atoms with van der Waals surface area (Å²) in [7, 11) is 0.